The molecule has 0 bridgehead atoms. The number of hydrogen-bond donors (Lipinski definition) is 0. The topological polar surface area (TPSA) is 125 Å². The lowest BCUT2D eigenvalue weighted by atomic mass is 10.1. The van der Waals surface area contributed by atoms with Crippen molar-refractivity contribution in [3.05, 3.63) is 0 Å². The fraction of sp³-hybridized carbons (Fsp3) is 1.00. The van der Waals surface area contributed by atoms with Crippen LogP contribution in [0.4, 0.5) is 0 Å². The van der Waals surface area contributed by atoms with E-state index in [0.29, 0.717) is 12.8 Å². The largest absolute Gasteiger partial charge is 0.748 e. The first kappa shape index (κ1) is 23.8. The number of nitrogens with zero attached hydrogens (tertiary/aromatic N) is 1. The molecule has 146 valence electrons. The molecule has 0 aliphatic heterocycles. The Morgan fingerprint density at radius 1 is 0.708 bits per heavy atom. The molecule has 0 N–H and O–H groups in total. The summed E-state index contributed by atoms with van der Waals surface area (Å²) in [6, 6.07) is 0. The minimum Gasteiger partial charge on any atom is -0.748 e. The van der Waals surface area contributed by atoms with E-state index in [2.05, 4.69) is 6.92 Å². The molecule has 0 radical (unpaired) electrons. The Bertz CT molecular complexity index is 649. The van der Waals surface area contributed by atoms with Crippen LogP contribution in [-0.4, -0.2) is 64.5 Å². The average molecular weight is 408 g/mol. The van der Waals surface area contributed by atoms with Crippen molar-refractivity contribution >= 4 is 30.2 Å². The third-order valence-electron chi connectivity index (χ3n) is 3.95. The van der Waals surface area contributed by atoms with Gasteiger partial charge in [-0.2, -0.15) is 16.8 Å². The molecule has 0 aromatic carbocycles. The standard InChI is InChI=1S/C13H29NO7S3/c1-4-5-6-7-8-9-11-14(22(2,15)16,23(3,17)18)12-10-13-24(19,20)21/h4-13H2,1-3H3. The summed E-state index contributed by atoms with van der Waals surface area (Å²) in [6.45, 7) is 1.50. The predicted octanol–water partition coefficient (Wildman–Crippen LogP) is 1.02. The average Bonchev–Trinajstić information content (AvgIpc) is 2.36. The van der Waals surface area contributed by atoms with Crippen LogP contribution in [0.5, 0.6) is 0 Å². The molecule has 0 unspecified atom stereocenters. The lowest BCUT2D eigenvalue weighted by Crippen LogP contribution is -2.57. The van der Waals surface area contributed by atoms with E-state index < -0.39 is 45.8 Å². The third-order valence-corrected chi connectivity index (χ3v) is 9.52. The summed E-state index contributed by atoms with van der Waals surface area (Å²) in [6.07, 6.45) is 6.46. The fourth-order valence-electron chi connectivity index (χ4n) is 2.64. The predicted molar refractivity (Wildman–Crippen MR) is 92.2 cm³/mol. The molecule has 0 aromatic heterocycles. The van der Waals surface area contributed by atoms with Crippen molar-refractivity contribution in [1.82, 2.24) is 0 Å². The van der Waals surface area contributed by atoms with E-state index in [4.69, 9.17) is 0 Å². The van der Waals surface area contributed by atoms with Crippen LogP contribution in [0.2, 0.25) is 0 Å². The molecule has 0 saturated carbocycles. The van der Waals surface area contributed by atoms with Gasteiger partial charge < -0.3 is 4.55 Å². The minimum atomic E-state index is -4.52. The van der Waals surface area contributed by atoms with E-state index in [1.165, 1.54) is 0 Å². The van der Waals surface area contributed by atoms with Crippen LogP contribution in [0.1, 0.15) is 51.9 Å². The van der Waals surface area contributed by atoms with E-state index in [9.17, 15) is 29.8 Å². The Hall–Kier alpha value is -0.230. The fourth-order valence-corrected chi connectivity index (χ4v) is 6.93. The van der Waals surface area contributed by atoms with Crippen LogP contribution in [0.3, 0.4) is 0 Å². The molecule has 0 aromatic rings. The van der Waals surface area contributed by atoms with Gasteiger partial charge in [-0.1, -0.05) is 32.6 Å². The molecular weight excluding hydrogens is 378 g/mol. The van der Waals surface area contributed by atoms with Gasteiger partial charge in [0.15, 0.2) is 0 Å². The highest BCUT2D eigenvalue weighted by atomic mass is 32.3. The molecule has 0 saturated heterocycles. The maximum atomic E-state index is 12.2. The summed E-state index contributed by atoms with van der Waals surface area (Å²) in [5.74, 6) is -0.783. The lowest BCUT2D eigenvalue weighted by molar-refractivity contribution is -0.672. The van der Waals surface area contributed by atoms with Crippen molar-refractivity contribution in [2.24, 2.45) is 0 Å². The number of hydrogen-bond acceptors (Lipinski definition) is 7. The Kier molecular flexibility index (Phi) is 9.37. The molecule has 0 aliphatic rings. The summed E-state index contributed by atoms with van der Waals surface area (Å²) < 4.78 is 79.7. The molecule has 0 spiro atoms. The summed E-state index contributed by atoms with van der Waals surface area (Å²) in [5, 5.41) is 0. The number of sulfonamides is 2. The highest BCUT2D eigenvalue weighted by Gasteiger charge is 2.47. The molecule has 0 aliphatic carbocycles. The molecule has 0 fully saturated rings. The van der Waals surface area contributed by atoms with Crippen LogP contribution in [0.15, 0.2) is 0 Å². The van der Waals surface area contributed by atoms with Crippen molar-refractivity contribution in [1.29, 1.82) is 0 Å². The normalized spacial score (nSPS) is 14.0. The molecule has 0 heterocycles. The van der Waals surface area contributed by atoms with Crippen LogP contribution in [0, 0.1) is 0 Å². The molecule has 0 atom stereocenters. The molecule has 24 heavy (non-hydrogen) atoms. The van der Waals surface area contributed by atoms with Crippen LogP contribution >= 0.6 is 0 Å². The summed E-state index contributed by atoms with van der Waals surface area (Å²) in [5.41, 5.74) is 0. The maximum Gasteiger partial charge on any atom is 0.308 e. The van der Waals surface area contributed by atoms with Gasteiger partial charge in [0.1, 0.15) is 13.1 Å². The van der Waals surface area contributed by atoms with Gasteiger partial charge in [-0.25, -0.2) is 8.42 Å². The van der Waals surface area contributed by atoms with Crippen molar-refractivity contribution in [3.8, 4) is 0 Å². The first-order chi connectivity index (χ1) is 10.8. The second-order valence-electron chi connectivity index (χ2n) is 6.11. The van der Waals surface area contributed by atoms with Gasteiger partial charge in [-0.3, -0.25) is 0 Å². The highest BCUT2D eigenvalue weighted by molar-refractivity contribution is 7.97. The van der Waals surface area contributed by atoms with Crippen LogP contribution in [0.25, 0.3) is 0 Å². The molecule has 0 rings (SSSR count). The first-order valence-corrected chi connectivity index (χ1v) is 13.3. The molecule has 0 amide bonds. The molecular formula is C13H29NO7S3. The monoisotopic (exact) mass is 407 g/mol. The van der Waals surface area contributed by atoms with Gasteiger partial charge in [0.2, 0.25) is 0 Å². The second kappa shape index (κ2) is 9.46. The Morgan fingerprint density at radius 3 is 1.54 bits per heavy atom. The van der Waals surface area contributed by atoms with E-state index in [0.717, 1.165) is 38.2 Å². The van der Waals surface area contributed by atoms with Crippen molar-refractivity contribution < 1.29 is 33.1 Å². The molecule has 11 heteroatoms. The quantitative estimate of drug-likeness (QED) is 0.253. The number of quaternary nitrogens is 1. The number of unbranched alkanes of at least 4 members (excludes halogenated alkanes) is 5. The zero-order valence-electron chi connectivity index (χ0n) is 14.6. The third kappa shape index (κ3) is 7.77. The van der Waals surface area contributed by atoms with Gasteiger partial charge in [0.25, 0.3) is 0 Å². The van der Waals surface area contributed by atoms with Crippen LogP contribution in [-0.2, 0) is 30.2 Å². The zero-order valence-corrected chi connectivity index (χ0v) is 17.1. The summed E-state index contributed by atoms with van der Waals surface area (Å²) >= 11 is 0. The van der Waals surface area contributed by atoms with Gasteiger partial charge in [-0.05, 0) is 12.8 Å². The van der Waals surface area contributed by atoms with Gasteiger partial charge in [0, 0.05) is 12.2 Å². The maximum absolute atomic E-state index is 12.2. The van der Waals surface area contributed by atoms with Crippen LogP contribution < -0.4 is 0 Å². The van der Waals surface area contributed by atoms with Gasteiger partial charge >= 0.3 is 20.0 Å². The van der Waals surface area contributed by atoms with E-state index in [1.54, 1.807) is 0 Å². The van der Waals surface area contributed by atoms with E-state index in [-0.39, 0.29) is 13.0 Å². The van der Waals surface area contributed by atoms with Crippen molar-refractivity contribution in [2.45, 2.75) is 51.9 Å². The molecule has 8 nitrogen and oxygen atoms in total. The summed E-state index contributed by atoms with van der Waals surface area (Å²) in [4.78, 5) is 0. The van der Waals surface area contributed by atoms with Gasteiger partial charge in [-0.15, -0.1) is 3.29 Å². The van der Waals surface area contributed by atoms with Gasteiger partial charge in [0.05, 0.1) is 22.6 Å². The Balaban J connectivity index is 5.19. The SMILES string of the molecule is CCCCCCCC[N+](CCCS(=O)(=O)[O-])(S(C)(=O)=O)S(C)(=O)=O. The minimum absolute atomic E-state index is 0.136. The van der Waals surface area contributed by atoms with E-state index >= 15 is 0 Å². The first-order valence-electron chi connectivity index (χ1n) is 7.98. The highest BCUT2D eigenvalue weighted by Crippen LogP contribution is 2.24. The number of rotatable bonds is 13. The lowest BCUT2D eigenvalue weighted by Gasteiger charge is -2.33. The summed E-state index contributed by atoms with van der Waals surface area (Å²) in [7, 11) is -12.6. The second-order valence-corrected chi connectivity index (χ2v) is 12.2. The Morgan fingerprint density at radius 2 is 1.12 bits per heavy atom. The Labute approximate surface area is 146 Å². The zero-order chi connectivity index (χ0) is 19.1. The smallest absolute Gasteiger partial charge is 0.308 e. The van der Waals surface area contributed by atoms with Crippen molar-refractivity contribution in [3.63, 3.8) is 0 Å². The van der Waals surface area contributed by atoms with E-state index in [1.807, 2.05) is 0 Å². The van der Waals surface area contributed by atoms with Crippen molar-refractivity contribution in [2.75, 3.05) is 31.4 Å².